The summed E-state index contributed by atoms with van der Waals surface area (Å²) in [5.74, 6) is 0.724. The number of aryl methyl sites for hydroxylation is 2. The van der Waals surface area contributed by atoms with Gasteiger partial charge in [0.15, 0.2) is 5.76 Å². The van der Waals surface area contributed by atoms with Crippen molar-refractivity contribution in [3.8, 4) is 11.3 Å². The molecule has 1 saturated carbocycles. The van der Waals surface area contributed by atoms with Gasteiger partial charge in [0.25, 0.3) is 11.5 Å². The molecule has 5 heteroatoms. The monoisotopic (exact) mass is 286 g/mol. The molecule has 1 fully saturated rings. The Kier molecular flexibility index (Phi) is 3.41. The molecular weight excluding hydrogens is 268 g/mol. The molecule has 0 unspecified atom stereocenters. The number of H-pyrrole nitrogens is 1. The van der Waals surface area contributed by atoms with Crippen molar-refractivity contribution in [2.45, 2.75) is 39.2 Å². The molecule has 2 heterocycles. The second-order valence-corrected chi connectivity index (χ2v) is 5.43. The fourth-order valence-corrected chi connectivity index (χ4v) is 2.27. The third kappa shape index (κ3) is 2.77. The molecule has 2 N–H and O–H groups in total. The lowest BCUT2D eigenvalue weighted by Crippen LogP contribution is -2.24. The topological polar surface area (TPSA) is 75.1 Å². The van der Waals surface area contributed by atoms with Crippen molar-refractivity contribution in [2.24, 2.45) is 0 Å². The third-order valence-corrected chi connectivity index (χ3v) is 3.70. The fraction of sp³-hybridized carbons (Fsp3) is 0.375. The van der Waals surface area contributed by atoms with Crippen molar-refractivity contribution >= 4 is 5.91 Å². The SMILES string of the molecule is CCc1cc(-c2ccc(C(=O)NC3CC3)o2)c(C)[nH]c1=O. The van der Waals surface area contributed by atoms with Crippen LogP contribution in [0.3, 0.4) is 0 Å². The van der Waals surface area contributed by atoms with Crippen LogP contribution in [0.25, 0.3) is 11.3 Å². The van der Waals surface area contributed by atoms with Gasteiger partial charge in [-0.25, -0.2) is 0 Å². The molecular formula is C16H18N2O3. The molecule has 3 rings (SSSR count). The summed E-state index contributed by atoms with van der Waals surface area (Å²) in [5.41, 5.74) is 2.19. The van der Waals surface area contributed by atoms with Crippen molar-refractivity contribution in [3.63, 3.8) is 0 Å². The Morgan fingerprint density at radius 1 is 1.43 bits per heavy atom. The predicted octanol–water partition coefficient (Wildman–Crippen LogP) is 2.40. The highest BCUT2D eigenvalue weighted by atomic mass is 16.3. The van der Waals surface area contributed by atoms with Crippen molar-refractivity contribution in [1.29, 1.82) is 0 Å². The van der Waals surface area contributed by atoms with Crippen molar-refractivity contribution in [3.05, 3.63) is 45.6 Å². The van der Waals surface area contributed by atoms with Gasteiger partial charge in [0, 0.05) is 22.9 Å². The average Bonchev–Trinajstić information content (AvgIpc) is 3.13. The Morgan fingerprint density at radius 3 is 2.86 bits per heavy atom. The van der Waals surface area contributed by atoms with Gasteiger partial charge in [0.05, 0.1) is 0 Å². The van der Waals surface area contributed by atoms with Crippen molar-refractivity contribution in [1.82, 2.24) is 10.3 Å². The lowest BCUT2D eigenvalue weighted by Gasteiger charge is -2.05. The molecule has 0 radical (unpaired) electrons. The summed E-state index contributed by atoms with van der Waals surface area (Å²) >= 11 is 0. The van der Waals surface area contributed by atoms with Gasteiger partial charge in [-0.2, -0.15) is 0 Å². The van der Waals surface area contributed by atoms with Gasteiger partial charge in [-0.15, -0.1) is 0 Å². The number of carbonyl (C=O) groups is 1. The summed E-state index contributed by atoms with van der Waals surface area (Å²) in [6.07, 6.45) is 2.73. The molecule has 0 atom stereocenters. The minimum Gasteiger partial charge on any atom is -0.451 e. The minimum atomic E-state index is -0.179. The molecule has 2 aromatic heterocycles. The van der Waals surface area contributed by atoms with Gasteiger partial charge in [-0.05, 0) is 44.4 Å². The van der Waals surface area contributed by atoms with Crippen molar-refractivity contribution in [2.75, 3.05) is 0 Å². The lowest BCUT2D eigenvalue weighted by molar-refractivity contribution is 0.0924. The molecule has 0 aliphatic heterocycles. The smallest absolute Gasteiger partial charge is 0.287 e. The van der Waals surface area contributed by atoms with Crippen LogP contribution in [0, 0.1) is 6.92 Å². The largest absolute Gasteiger partial charge is 0.451 e. The minimum absolute atomic E-state index is 0.0722. The molecule has 21 heavy (non-hydrogen) atoms. The third-order valence-electron chi connectivity index (χ3n) is 3.70. The fourth-order valence-electron chi connectivity index (χ4n) is 2.27. The van der Waals surface area contributed by atoms with Crippen molar-refractivity contribution < 1.29 is 9.21 Å². The number of pyridine rings is 1. The van der Waals surface area contributed by atoms with Crippen LogP contribution in [0.2, 0.25) is 0 Å². The van der Waals surface area contributed by atoms with Crippen LogP contribution in [-0.4, -0.2) is 16.9 Å². The molecule has 1 aliphatic rings. The van der Waals surface area contributed by atoms with E-state index in [1.54, 1.807) is 12.1 Å². The second kappa shape index (κ2) is 5.24. The zero-order valence-electron chi connectivity index (χ0n) is 12.2. The second-order valence-electron chi connectivity index (χ2n) is 5.43. The van der Waals surface area contributed by atoms with E-state index in [9.17, 15) is 9.59 Å². The van der Waals surface area contributed by atoms with Gasteiger partial charge >= 0.3 is 0 Å². The van der Waals surface area contributed by atoms with E-state index >= 15 is 0 Å². The van der Waals surface area contributed by atoms with E-state index in [4.69, 9.17) is 4.42 Å². The Balaban J connectivity index is 1.92. The maximum Gasteiger partial charge on any atom is 0.287 e. The number of nitrogens with one attached hydrogen (secondary N) is 2. The van der Waals surface area contributed by atoms with Crippen LogP contribution in [0.1, 0.15) is 41.6 Å². The van der Waals surface area contributed by atoms with E-state index < -0.39 is 0 Å². The zero-order chi connectivity index (χ0) is 15.0. The van der Waals surface area contributed by atoms with Gasteiger partial charge in [0.2, 0.25) is 0 Å². The number of hydrogen-bond acceptors (Lipinski definition) is 3. The van der Waals surface area contributed by atoms with Gasteiger partial charge in [0.1, 0.15) is 5.76 Å². The molecule has 0 spiro atoms. The Morgan fingerprint density at radius 2 is 2.19 bits per heavy atom. The number of aromatic amines is 1. The Bertz CT molecular complexity index is 738. The summed E-state index contributed by atoms with van der Waals surface area (Å²) < 4.78 is 5.65. The lowest BCUT2D eigenvalue weighted by atomic mass is 10.1. The number of rotatable bonds is 4. The maximum atomic E-state index is 11.9. The number of amides is 1. The Hall–Kier alpha value is -2.30. The van der Waals surface area contributed by atoms with Crippen LogP contribution in [0.15, 0.2) is 27.4 Å². The summed E-state index contributed by atoms with van der Waals surface area (Å²) in [5, 5.41) is 2.89. The molecule has 5 nitrogen and oxygen atoms in total. The van der Waals surface area contributed by atoms with Gasteiger partial charge in [-0.3, -0.25) is 9.59 Å². The van der Waals surface area contributed by atoms with E-state index in [1.165, 1.54) is 0 Å². The van der Waals surface area contributed by atoms with E-state index in [1.807, 2.05) is 19.9 Å². The van der Waals surface area contributed by atoms with Crippen LogP contribution in [-0.2, 0) is 6.42 Å². The molecule has 1 amide bonds. The van der Waals surface area contributed by atoms with Crippen LogP contribution >= 0.6 is 0 Å². The normalized spacial score (nSPS) is 14.2. The number of aromatic nitrogens is 1. The van der Waals surface area contributed by atoms with Gasteiger partial charge in [-0.1, -0.05) is 6.92 Å². The first-order valence-corrected chi connectivity index (χ1v) is 7.22. The molecule has 0 bridgehead atoms. The standard InChI is InChI=1S/C16H18N2O3/c1-3-10-8-12(9(2)17-15(10)19)13-6-7-14(21-13)16(20)18-11-4-5-11/h6-8,11H,3-5H2,1-2H3,(H,17,19)(H,18,20). The predicted molar refractivity (Wildman–Crippen MR) is 79.4 cm³/mol. The summed E-state index contributed by atoms with van der Waals surface area (Å²) in [7, 11) is 0. The highest BCUT2D eigenvalue weighted by molar-refractivity contribution is 5.92. The summed E-state index contributed by atoms with van der Waals surface area (Å²) in [6, 6.07) is 5.56. The Labute approximate surface area is 122 Å². The van der Waals surface area contributed by atoms with E-state index in [0.717, 1.165) is 24.1 Å². The molecule has 2 aromatic rings. The highest BCUT2D eigenvalue weighted by Gasteiger charge is 2.25. The molecule has 110 valence electrons. The van der Waals surface area contributed by atoms with E-state index in [-0.39, 0.29) is 11.5 Å². The number of furan rings is 1. The first-order valence-electron chi connectivity index (χ1n) is 7.22. The average molecular weight is 286 g/mol. The molecule has 0 saturated heterocycles. The highest BCUT2D eigenvalue weighted by Crippen LogP contribution is 2.25. The quantitative estimate of drug-likeness (QED) is 0.906. The first-order chi connectivity index (χ1) is 10.1. The first kappa shape index (κ1) is 13.7. The zero-order valence-corrected chi connectivity index (χ0v) is 12.2. The van der Waals surface area contributed by atoms with E-state index in [2.05, 4.69) is 10.3 Å². The summed E-state index contributed by atoms with van der Waals surface area (Å²) in [6.45, 7) is 3.75. The van der Waals surface area contributed by atoms with Crippen LogP contribution in [0.4, 0.5) is 0 Å². The number of carbonyl (C=O) groups excluding carboxylic acids is 1. The molecule has 0 aromatic carbocycles. The van der Waals surface area contributed by atoms with Crippen LogP contribution in [0.5, 0.6) is 0 Å². The van der Waals surface area contributed by atoms with E-state index in [0.29, 0.717) is 29.5 Å². The summed E-state index contributed by atoms with van der Waals surface area (Å²) in [4.78, 5) is 26.5. The maximum absolute atomic E-state index is 11.9. The number of hydrogen-bond donors (Lipinski definition) is 2. The van der Waals surface area contributed by atoms with Gasteiger partial charge < -0.3 is 14.7 Å². The van der Waals surface area contributed by atoms with Crippen LogP contribution < -0.4 is 10.9 Å². The molecule has 1 aliphatic carbocycles.